The lowest BCUT2D eigenvalue weighted by Crippen LogP contribution is -2.21. The van der Waals surface area contributed by atoms with Crippen LogP contribution in [0.2, 0.25) is 0 Å². The minimum atomic E-state index is -2.94. The summed E-state index contributed by atoms with van der Waals surface area (Å²) in [4.78, 5) is 11.1. The largest absolute Gasteiger partial charge is 0.481 e. The van der Waals surface area contributed by atoms with E-state index in [-0.39, 0.29) is 5.75 Å². The van der Waals surface area contributed by atoms with E-state index in [0.29, 0.717) is 18.4 Å². The molecule has 3 nitrogen and oxygen atoms in total. The highest BCUT2D eigenvalue weighted by atomic mass is 19.3. The van der Waals surface area contributed by atoms with E-state index in [1.807, 2.05) is 0 Å². The molecule has 0 unspecified atom stereocenters. The van der Waals surface area contributed by atoms with Crippen molar-refractivity contribution in [3.05, 3.63) is 29.8 Å². The molecule has 2 rings (SSSR count). The second kappa shape index (κ2) is 3.73. The maximum Gasteiger partial charge on any atom is 0.387 e. The van der Waals surface area contributed by atoms with Gasteiger partial charge in [0.25, 0.3) is 0 Å². The third-order valence-electron chi connectivity index (χ3n) is 2.78. The number of halogens is 2. The average molecular weight is 228 g/mol. The number of para-hydroxylation sites is 1. The van der Waals surface area contributed by atoms with Crippen LogP contribution < -0.4 is 4.74 Å². The minimum Gasteiger partial charge on any atom is -0.481 e. The van der Waals surface area contributed by atoms with E-state index in [4.69, 9.17) is 5.11 Å². The summed E-state index contributed by atoms with van der Waals surface area (Å²) in [6.45, 7) is -2.94. The number of hydrogen-bond donors (Lipinski definition) is 1. The molecule has 1 N–H and O–H groups in total. The Morgan fingerprint density at radius 2 is 2.00 bits per heavy atom. The molecule has 1 aliphatic carbocycles. The van der Waals surface area contributed by atoms with Crippen LogP contribution in [0, 0.1) is 0 Å². The van der Waals surface area contributed by atoms with Crippen molar-refractivity contribution in [1.82, 2.24) is 0 Å². The summed E-state index contributed by atoms with van der Waals surface area (Å²) < 4.78 is 28.6. The lowest BCUT2D eigenvalue weighted by Gasteiger charge is -2.15. The Kier molecular flexibility index (Phi) is 2.53. The van der Waals surface area contributed by atoms with Gasteiger partial charge >= 0.3 is 12.6 Å². The molecule has 0 bridgehead atoms. The van der Waals surface area contributed by atoms with Gasteiger partial charge in [-0.1, -0.05) is 18.2 Å². The van der Waals surface area contributed by atoms with Gasteiger partial charge < -0.3 is 9.84 Å². The molecule has 0 aliphatic heterocycles. The zero-order valence-electron chi connectivity index (χ0n) is 8.32. The van der Waals surface area contributed by atoms with Crippen LogP contribution in [0.3, 0.4) is 0 Å². The van der Waals surface area contributed by atoms with Gasteiger partial charge in [-0.2, -0.15) is 8.78 Å². The Bertz CT molecular complexity index is 413. The zero-order valence-corrected chi connectivity index (χ0v) is 8.32. The van der Waals surface area contributed by atoms with Crippen molar-refractivity contribution in [2.75, 3.05) is 0 Å². The molecule has 1 aromatic carbocycles. The van der Waals surface area contributed by atoms with Crippen molar-refractivity contribution in [1.29, 1.82) is 0 Å². The molecule has 0 spiro atoms. The van der Waals surface area contributed by atoms with Crippen LogP contribution in [0.1, 0.15) is 18.4 Å². The van der Waals surface area contributed by atoms with Crippen LogP contribution in [0.5, 0.6) is 5.75 Å². The van der Waals surface area contributed by atoms with Gasteiger partial charge in [0.15, 0.2) is 0 Å². The van der Waals surface area contributed by atoms with Gasteiger partial charge in [-0.05, 0) is 18.9 Å². The smallest absolute Gasteiger partial charge is 0.387 e. The molecule has 16 heavy (non-hydrogen) atoms. The molecule has 0 saturated heterocycles. The van der Waals surface area contributed by atoms with Crippen molar-refractivity contribution in [3.8, 4) is 5.75 Å². The maximum absolute atomic E-state index is 12.1. The number of carboxylic acid groups (broad SMARTS) is 1. The van der Waals surface area contributed by atoms with Crippen molar-refractivity contribution in [3.63, 3.8) is 0 Å². The van der Waals surface area contributed by atoms with Crippen LogP contribution in [0.25, 0.3) is 0 Å². The number of rotatable bonds is 4. The van der Waals surface area contributed by atoms with Gasteiger partial charge in [0.2, 0.25) is 0 Å². The van der Waals surface area contributed by atoms with E-state index < -0.39 is 18.0 Å². The Hall–Kier alpha value is -1.65. The maximum atomic E-state index is 12.1. The molecular weight excluding hydrogens is 218 g/mol. The summed E-state index contributed by atoms with van der Waals surface area (Å²) in [5.41, 5.74) is -0.686. The van der Waals surface area contributed by atoms with E-state index in [2.05, 4.69) is 4.74 Å². The van der Waals surface area contributed by atoms with E-state index in [1.165, 1.54) is 12.1 Å². The third kappa shape index (κ3) is 1.73. The monoisotopic (exact) mass is 228 g/mol. The Morgan fingerprint density at radius 3 is 2.50 bits per heavy atom. The van der Waals surface area contributed by atoms with Crippen molar-refractivity contribution < 1.29 is 23.4 Å². The van der Waals surface area contributed by atoms with Gasteiger partial charge in [0.05, 0.1) is 5.41 Å². The number of hydrogen-bond acceptors (Lipinski definition) is 2. The summed E-state index contributed by atoms with van der Waals surface area (Å²) in [5, 5.41) is 9.07. The second-order valence-corrected chi connectivity index (χ2v) is 3.76. The fraction of sp³-hybridized carbons (Fsp3) is 0.364. The molecular formula is C11H10F2O3. The Morgan fingerprint density at radius 1 is 1.38 bits per heavy atom. The molecule has 1 aliphatic rings. The molecule has 0 heterocycles. The topological polar surface area (TPSA) is 46.5 Å². The van der Waals surface area contributed by atoms with Gasteiger partial charge in [0, 0.05) is 5.56 Å². The molecule has 1 aromatic rings. The van der Waals surface area contributed by atoms with Gasteiger partial charge in [0.1, 0.15) is 5.75 Å². The molecule has 1 fully saturated rings. The van der Waals surface area contributed by atoms with Gasteiger partial charge in [-0.3, -0.25) is 4.79 Å². The van der Waals surface area contributed by atoms with Crippen LogP contribution in [0.15, 0.2) is 24.3 Å². The Balaban J connectivity index is 2.37. The van der Waals surface area contributed by atoms with E-state index in [9.17, 15) is 13.6 Å². The highest BCUT2D eigenvalue weighted by Gasteiger charge is 2.53. The summed E-state index contributed by atoms with van der Waals surface area (Å²) >= 11 is 0. The molecule has 0 aromatic heterocycles. The Labute approximate surface area is 90.7 Å². The third-order valence-corrected chi connectivity index (χ3v) is 2.78. The van der Waals surface area contributed by atoms with Crippen molar-refractivity contribution in [2.24, 2.45) is 0 Å². The first-order valence-corrected chi connectivity index (χ1v) is 4.84. The lowest BCUT2D eigenvalue weighted by molar-refractivity contribution is -0.140. The SMILES string of the molecule is O=C(O)C1(c2ccccc2OC(F)F)CC1. The number of carbonyl (C=O) groups is 1. The first-order chi connectivity index (χ1) is 7.56. The molecule has 0 amide bonds. The minimum absolute atomic E-state index is 0.0441. The summed E-state index contributed by atoms with van der Waals surface area (Å²) in [6.07, 6.45) is 0.928. The van der Waals surface area contributed by atoms with E-state index >= 15 is 0 Å². The lowest BCUT2D eigenvalue weighted by atomic mass is 9.95. The average Bonchev–Trinajstić information content (AvgIpc) is 2.98. The fourth-order valence-electron chi connectivity index (χ4n) is 1.78. The van der Waals surface area contributed by atoms with Gasteiger partial charge in [-0.25, -0.2) is 0 Å². The first kappa shape index (κ1) is 10.9. The quantitative estimate of drug-likeness (QED) is 0.860. The molecule has 5 heteroatoms. The number of aliphatic carboxylic acids is 1. The highest BCUT2D eigenvalue weighted by molar-refractivity contribution is 5.85. The number of benzene rings is 1. The number of ether oxygens (including phenoxy) is 1. The van der Waals surface area contributed by atoms with Crippen molar-refractivity contribution >= 4 is 5.97 Å². The predicted molar refractivity (Wildman–Crippen MR) is 51.6 cm³/mol. The molecule has 86 valence electrons. The summed E-state index contributed by atoms with van der Waals surface area (Å²) in [7, 11) is 0. The standard InChI is InChI=1S/C11H10F2O3/c12-10(13)16-8-4-2-1-3-7(8)11(5-6-11)9(14)15/h1-4,10H,5-6H2,(H,14,15). The van der Waals surface area contributed by atoms with Crippen LogP contribution >= 0.6 is 0 Å². The van der Waals surface area contributed by atoms with Crippen LogP contribution in [-0.2, 0) is 10.2 Å². The molecule has 1 saturated carbocycles. The van der Waals surface area contributed by atoms with E-state index in [0.717, 1.165) is 0 Å². The fourth-order valence-corrected chi connectivity index (χ4v) is 1.78. The van der Waals surface area contributed by atoms with E-state index in [1.54, 1.807) is 12.1 Å². The summed E-state index contributed by atoms with van der Waals surface area (Å²) in [6, 6.07) is 6.05. The number of carboxylic acids is 1. The van der Waals surface area contributed by atoms with Gasteiger partial charge in [-0.15, -0.1) is 0 Å². The van der Waals surface area contributed by atoms with Crippen LogP contribution in [0.4, 0.5) is 8.78 Å². The molecule has 0 radical (unpaired) electrons. The van der Waals surface area contributed by atoms with Crippen molar-refractivity contribution in [2.45, 2.75) is 24.9 Å². The molecule has 0 atom stereocenters. The normalized spacial score (nSPS) is 17.2. The second-order valence-electron chi connectivity index (χ2n) is 3.76. The number of alkyl halides is 2. The summed E-state index contributed by atoms with van der Waals surface area (Å²) in [5.74, 6) is -1.03. The predicted octanol–water partition coefficient (Wildman–Crippen LogP) is 2.40. The van der Waals surface area contributed by atoms with Crippen LogP contribution in [-0.4, -0.2) is 17.7 Å². The highest BCUT2D eigenvalue weighted by Crippen LogP contribution is 2.51. The zero-order chi connectivity index (χ0) is 11.8. The first-order valence-electron chi connectivity index (χ1n) is 4.84.